The number of anilines is 1. The Morgan fingerprint density at radius 3 is 2.22 bits per heavy atom. The number of nitro groups is 1. The van der Waals surface area contributed by atoms with Crippen LogP contribution in [0.2, 0.25) is 0 Å². The van der Waals surface area contributed by atoms with Crippen molar-refractivity contribution < 1.29 is 19.2 Å². The van der Waals surface area contributed by atoms with Crippen LogP contribution in [0.5, 0.6) is 11.5 Å². The average molecular weight is 647 g/mol. The van der Waals surface area contributed by atoms with E-state index in [0.29, 0.717) is 37.8 Å². The lowest BCUT2D eigenvalue weighted by Crippen LogP contribution is -2.31. The zero-order valence-corrected chi connectivity index (χ0v) is 23.8. The molecule has 0 atom stereocenters. The molecule has 3 aromatic carbocycles. The van der Waals surface area contributed by atoms with Crippen LogP contribution in [-0.4, -0.2) is 34.5 Å². The smallest absolute Gasteiger partial charge is 0.281 e. The average Bonchev–Trinajstić information content (AvgIpc) is 3.07. The van der Waals surface area contributed by atoms with Gasteiger partial charge in [0, 0.05) is 19.2 Å². The number of ether oxygens (including phenoxy) is 2. The van der Waals surface area contributed by atoms with Gasteiger partial charge in [-0.3, -0.25) is 19.8 Å². The fourth-order valence-corrected chi connectivity index (χ4v) is 5.41. The number of nitrogens with zero attached hydrogens (tertiary/aromatic N) is 3. The molecule has 0 bridgehead atoms. The van der Waals surface area contributed by atoms with E-state index < -0.39 is 4.92 Å². The summed E-state index contributed by atoms with van der Waals surface area (Å²) in [6.07, 6.45) is 1.76. The van der Waals surface area contributed by atoms with Crippen LogP contribution < -0.4 is 14.4 Å². The second-order valence-corrected chi connectivity index (χ2v) is 10.0. The summed E-state index contributed by atoms with van der Waals surface area (Å²) < 4.78 is 12.8. The molecule has 0 saturated carbocycles. The van der Waals surface area contributed by atoms with E-state index in [4.69, 9.17) is 21.7 Å². The number of amides is 1. The van der Waals surface area contributed by atoms with Crippen LogP contribution in [0, 0.1) is 10.1 Å². The highest BCUT2D eigenvalue weighted by molar-refractivity contribution is 9.11. The number of rotatable bonds is 8. The monoisotopic (exact) mass is 645 g/mol. The SMILES string of the molecule is CCOc1ccc(N2C(=O)/C(=C/c3cc(Br)c(OCc4ccc([N+](=O)[O-])cc4)c(Br)c3)N(C)C2=S)cc1. The predicted octanol–water partition coefficient (Wildman–Crippen LogP) is 6.70. The van der Waals surface area contributed by atoms with Crippen LogP contribution in [0.25, 0.3) is 6.08 Å². The van der Waals surface area contributed by atoms with Crippen LogP contribution in [0.4, 0.5) is 11.4 Å². The van der Waals surface area contributed by atoms with Gasteiger partial charge in [-0.15, -0.1) is 0 Å². The normalized spacial score (nSPS) is 14.4. The van der Waals surface area contributed by atoms with Crippen molar-refractivity contribution in [2.24, 2.45) is 0 Å². The maximum Gasteiger partial charge on any atom is 0.281 e. The van der Waals surface area contributed by atoms with Crippen molar-refractivity contribution in [1.82, 2.24) is 4.90 Å². The van der Waals surface area contributed by atoms with Gasteiger partial charge in [-0.05, 0) is 117 Å². The molecule has 0 aromatic heterocycles. The number of non-ortho nitro benzene ring substituents is 1. The Kier molecular flexibility index (Phi) is 8.25. The molecule has 1 amide bonds. The molecule has 1 saturated heterocycles. The topological polar surface area (TPSA) is 85.1 Å². The zero-order valence-electron chi connectivity index (χ0n) is 19.8. The van der Waals surface area contributed by atoms with Crippen LogP contribution >= 0.6 is 44.1 Å². The molecular weight excluding hydrogens is 626 g/mol. The highest BCUT2D eigenvalue weighted by Crippen LogP contribution is 2.37. The molecule has 0 unspecified atom stereocenters. The molecule has 1 fully saturated rings. The van der Waals surface area contributed by atoms with Gasteiger partial charge in [0.05, 0.1) is 26.2 Å². The number of hydrogen-bond donors (Lipinski definition) is 0. The minimum atomic E-state index is -0.443. The third kappa shape index (κ3) is 5.84. The van der Waals surface area contributed by atoms with Crippen LogP contribution in [0.1, 0.15) is 18.1 Å². The summed E-state index contributed by atoms with van der Waals surface area (Å²) in [6, 6.07) is 17.1. The summed E-state index contributed by atoms with van der Waals surface area (Å²) in [5.74, 6) is 1.05. The quantitative estimate of drug-likeness (QED) is 0.116. The minimum absolute atomic E-state index is 0.0236. The van der Waals surface area contributed by atoms with Crippen LogP contribution in [0.15, 0.2) is 75.3 Å². The van der Waals surface area contributed by atoms with Gasteiger partial charge in [0.1, 0.15) is 23.8 Å². The predicted molar refractivity (Wildman–Crippen MR) is 153 cm³/mol. The Morgan fingerprint density at radius 2 is 1.65 bits per heavy atom. The summed E-state index contributed by atoms with van der Waals surface area (Å²) in [4.78, 5) is 26.9. The summed E-state index contributed by atoms with van der Waals surface area (Å²) >= 11 is 12.6. The molecule has 8 nitrogen and oxygen atoms in total. The number of likely N-dealkylation sites (N-methyl/N-ethyl adjacent to an activating group) is 1. The van der Waals surface area contributed by atoms with Crippen molar-refractivity contribution in [3.8, 4) is 11.5 Å². The molecule has 0 N–H and O–H groups in total. The molecule has 1 aliphatic rings. The maximum absolute atomic E-state index is 13.3. The Balaban J connectivity index is 1.53. The first-order valence-electron chi connectivity index (χ1n) is 11.1. The van der Waals surface area contributed by atoms with Gasteiger partial charge < -0.3 is 14.4 Å². The van der Waals surface area contributed by atoms with Crippen LogP contribution in [-0.2, 0) is 11.4 Å². The second-order valence-electron chi connectivity index (χ2n) is 7.96. The minimum Gasteiger partial charge on any atom is -0.494 e. The number of carbonyl (C=O) groups is 1. The fourth-order valence-electron chi connectivity index (χ4n) is 3.67. The first-order valence-corrected chi connectivity index (χ1v) is 13.1. The molecule has 0 spiro atoms. The molecule has 3 aromatic rings. The van der Waals surface area contributed by atoms with Crippen molar-refractivity contribution in [1.29, 1.82) is 0 Å². The molecule has 37 heavy (non-hydrogen) atoms. The van der Waals surface area contributed by atoms with E-state index in [9.17, 15) is 14.9 Å². The highest BCUT2D eigenvalue weighted by Gasteiger charge is 2.36. The van der Waals surface area contributed by atoms with Gasteiger partial charge in [-0.25, -0.2) is 0 Å². The van der Waals surface area contributed by atoms with Gasteiger partial charge >= 0.3 is 0 Å². The van der Waals surface area contributed by atoms with Gasteiger partial charge in [-0.1, -0.05) is 0 Å². The Labute approximate surface area is 235 Å². The van der Waals surface area contributed by atoms with Gasteiger partial charge in [-0.2, -0.15) is 0 Å². The molecular formula is C26H21Br2N3O5S. The lowest BCUT2D eigenvalue weighted by atomic mass is 10.1. The number of hydrogen-bond acceptors (Lipinski definition) is 6. The summed E-state index contributed by atoms with van der Waals surface area (Å²) in [5, 5.41) is 11.2. The molecule has 1 aliphatic heterocycles. The van der Waals surface area contributed by atoms with Crippen LogP contribution in [0.3, 0.4) is 0 Å². The third-order valence-electron chi connectivity index (χ3n) is 5.52. The number of nitro benzene ring substituents is 1. The number of benzene rings is 3. The zero-order chi connectivity index (χ0) is 26.7. The third-order valence-corrected chi connectivity index (χ3v) is 7.16. The summed E-state index contributed by atoms with van der Waals surface area (Å²) in [5.41, 5.74) is 2.66. The first-order chi connectivity index (χ1) is 17.7. The Hall–Kier alpha value is -3.28. The van der Waals surface area contributed by atoms with E-state index >= 15 is 0 Å². The molecule has 11 heteroatoms. The Bertz CT molecular complexity index is 1370. The molecule has 4 rings (SSSR count). The van der Waals surface area contributed by atoms with E-state index in [2.05, 4.69) is 31.9 Å². The van der Waals surface area contributed by atoms with E-state index in [1.54, 1.807) is 54.4 Å². The summed E-state index contributed by atoms with van der Waals surface area (Å²) in [7, 11) is 1.76. The first kappa shape index (κ1) is 26.8. The van der Waals surface area contributed by atoms with Crippen molar-refractivity contribution in [3.05, 3.63) is 96.5 Å². The van der Waals surface area contributed by atoms with Gasteiger partial charge in [0.2, 0.25) is 0 Å². The molecule has 0 aliphatic carbocycles. The van der Waals surface area contributed by atoms with Crippen molar-refractivity contribution >= 4 is 72.5 Å². The number of thiocarbonyl (C=S) groups is 1. The maximum atomic E-state index is 13.3. The molecule has 1 heterocycles. The molecule has 0 radical (unpaired) electrons. The molecule has 190 valence electrons. The lowest BCUT2D eigenvalue weighted by molar-refractivity contribution is -0.384. The number of halogens is 2. The largest absolute Gasteiger partial charge is 0.494 e. The van der Waals surface area contributed by atoms with Crippen molar-refractivity contribution in [2.75, 3.05) is 18.6 Å². The highest BCUT2D eigenvalue weighted by atomic mass is 79.9. The second kappa shape index (κ2) is 11.4. The summed E-state index contributed by atoms with van der Waals surface area (Å²) in [6.45, 7) is 2.69. The van der Waals surface area contributed by atoms with Gasteiger partial charge in [0.25, 0.3) is 11.6 Å². The van der Waals surface area contributed by atoms with Crippen molar-refractivity contribution in [2.45, 2.75) is 13.5 Å². The number of carbonyl (C=O) groups excluding carboxylic acids is 1. The van der Waals surface area contributed by atoms with E-state index in [-0.39, 0.29) is 18.2 Å². The standard InChI is InChI=1S/C26H21Br2N3O5S/c1-3-35-20-10-8-18(9-11-20)30-25(32)23(29(2)26(30)37)14-17-12-21(27)24(22(28)13-17)36-15-16-4-6-19(7-5-16)31(33)34/h4-14H,3,15H2,1-2H3/b23-14-. The van der Waals surface area contributed by atoms with E-state index in [1.807, 2.05) is 19.1 Å². The van der Waals surface area contributed by atoms with E-state index in [0.717, 1.165) is 16.9 Å². The fraction of sp³-hybridized carbons (Fsp3) is 0.154. The van der Waals surface area contributed by atoms with Gasteiger partial charge in [0.15, 0.2) is 5.11 Å². The Morgan fingerprint density at radius 1 is 1.03 bits per heavy atom. The lowest BCUT2D eigenvalue weighted by Gasteiger charge is -2.16. The van der Waals surface area contributed by atoms with Crippen molar-refractivity contribution in [3.63, 3.8) is 0 Å². The van der Waals surface area contributed by atoms with E-state index in [1.165, 1.54) is 17.0 Å².